The van der Waals surface area contributed by atoms with Crippen LogP contribution in [-0.2, 0) is 14.2 Å². The molecule has 2 fully saturated rings. The zero-order chi connectivity index (χ0) is 6.97. The molecule has 0 aromatic carbocycles. The summed E-state index contributed by atoms with van der Waals surface area (Å²) in [6, 6.07) is 0. The maximum absolute atomic E-state index is 5.33. The van der Waals surface area contributed by atoms with Crippen molar-refractivity contribution in [3.8, 4) is 0 Å². The van der Waals surface area contributed by atoms with E-state index in [0.717, 1.165) is 13.0 Å². The SMILES string of the molecule is COC1CO[C@H]2OCC[C@@H]12. The standard InChI is InChI=1S/C7H12O3/c1-8-6-4-10-7-5(6)2-3-9-7/h5-7H,2-4H2,1H3/t5-,6?,7+/m0/s1. The third kappa shape index (κ3) is 0.856. The molecule has 10 heavy (non-hydrogen) atoms. The zero-order valence-electron chi connectivity index (χ0n) is 6.08. The van der Waals surface area contributed by atoms with E-state index in [9.17, 15) is 0 Å². The Labute approximate surface area is 60.3 Å². The van der Waals surface area contributed by atoms with Crippen molar-refractivity contribution >= 4 is 0 Å². The summed E-state index contributed by atoms with van der Waals surface area (Å²) in [5.41, 5.74) is 0. The molecule has 0 bridgehead atoms. The first-order chi connectivity index (χ1) is 4.92. The summed E-state index contributed by atoms with van der Waals surface area (Å²) in [4.78, 5) is 0. The highest BCUT2D eigenvalue weighted by molar-refractivity contribution is 4.83. The van der Waals surface area contributed by atoms with Gasteiger partial charge in [0.05, 0.1) is 19.3 Å². The van der Waals surface area contributed by atoms with Crippen molar-refractivity contribution in [2.75, 3.05) is 20.3 Å². The maximum Gasteiger partial charge on any atom is 0.163 e. The monoisotopic (exact) mass is 144 g/mol. The van der Waals surface area contributed by atoms with Crippen molar-refractivity contribution in [1.82, 2.24) is 0 Å². The molecule has 2 rings (SSSR count). The van der Waals surface area contributed by atoms with Crippen LogP contribution in [0.1, 0.15) is 6.42 Å². The highest BCUT2D eigenvalue weighted by Gasteiger charge is 2.41. The largest absolute Gasteiger partial charge is 0.379 e. The van der Waals surface area contributed by atoms with Crippen LogP contribution >= 0.6 is 0 Å². The maximum atomic E-state index is 5.33. The molecule has 58 valence electrons. The van der Waals surface area contributed by atoms with E-state index in [1.807, 2.05) is 0 Å². The third-order valence-electron chi connectivity index (χ3n) is 2.29. The van der Waals surface area contributed by atoms with Crippen LogP contribution in [0.3, 0.4) is 0 Å². The lowest BCUT2D eigenvalue weighted by Crippen LogP contribution is -2.21. The number of ether oxygens (including phenoxy) is 3. The van der Waals surface area contributed by atoms with Gasteiger partial charge in [0.25, 0.3) is 0 Å². The topological polar surface area (TPSA) is 27.7 Å². The van der Waals surface area contributed by atoms with E-state index in [-0.39, 0.29) is 12.4 Å². The van der Waals surface area contributed by atoms with Crippen LogP contribution in [0, 0.1) is 5.92 Å². The third-order valence-corrected chi connectivity index (χ3v) is 2.29. The molecule has 0 radical (unpaired) electrons. The van der Waals surface area contributed by atoms with E-state index in [4.69, 9.17) is 14.2 Å². The average molecular weight is 144 g/mol. The lowest BCUT2D eigenvalue weighted by atomic mass is 10.0. The summed E-state index contributed by atoms with van der Waals surface area (Å²) < 4.78 is 15.9. The molecule has 0 saturated carbocycles. The Morgan fingerprint density at radius 1 is 1.40 bits per heavy atom. The van der Waals surface area contributed by atoms with Crippen LogP contribution in [0.2, 0.25) is 0 Å². The Bertz CT molecular complexity index is 126. The molecule has 2 aliphatic heterocycles. The van der Waals surface area contributed by atoms with E-state index in [1.165, 1.54) is 0 Å². The molecular weight excluding hydrogens is 132 g/mol. The van der Waals surface area contributed by atoms with Crippen molar-refractivity contribution < 1.29 is 14.2 Å². The van der Waals surface area contributed by atoms with E-state index < -0.39 is 0 Å². The Hall–Kier alpha value is -0.120. The summed E-state index contributed by atoms with van der Waals surface area (Å²) in [7, 11) is 1.73. The number of methoxy groups -OCH3 is 1. The predicted octanol–water partition coefficient (Wildman–Crippen LogP) is 0.394. The normalized spacial score (nSPS) is 45.9. The van der Waals surface area contributed by atoms with Crippen LogP contribution in [0.25, 0.3) is 0 Å². The second kappa shape index (κ2) is 2.49. The van der Waals surface area contributed by atoms with Gasteiger partial charge in [-0.1, -0.05) is 0 Å². The van der Waals surface area contributed by atoms with Gasteiger partial charge >= 0.3 is 0 Å². The van der Waals surface area contributed by atoms with Gasteiger partial charge < -0.3 is 14.2 Å². The Morgan fingerprint density at radius 2 is 2.30 bits per heavy atom. The van der Waals surface area contributed by atoms with Crippen LogP contribution in [0.15, 0.2) is 0 Å². The minimum Gasteiger partial charge on any atom is -0.379 e. The van der Waals surface area contributed by atoms with Gasteiger partial charge in [0.1, 0.15) is 0 Å². The number of hydrogen-bond donors (Lipinski definition) is 0. The minimum absolute atomic E-state index is 0.0324. The fourth-order valence-corrected chi connectivity index (χ4v) is 1.67. The molecule has 0 amide bonds. The molecular formula is C7H12O3. The van der Waals surface area contributed by atoms with Gasteiger partial charge in [0, 0.05) is 13.0 Å². The molecule has 2 aliphatic rings. The van der Waals surface area contributed by atoms with Crippen molar-refractivity contribution in [2.24, 2.45) is 5.92 Å². The molecule has 0 aromatic rings. The van der Waals surface area contributed by atoms with Gasteiger partial charge in [0.15, 0.2) is 6.29 Å². The molecule has 0 N–H and O–H groups in total. The Kier molecular flexibility index (Phi) is 1.64. The molecule has 0 spiro atoms. The first-order valence-corrected chi connectivity index (χ1v) is 3.68. The molecule has 1 unspecified atom stereocenters. The minimum atomic E-state index is 0.0324. The number of hydrogen-bond acceptors (Lipinski definition) is 3. The summed E-state index contributed by atoms with van der Waals surface area (Å²) in [6.07, 6.45) is 1.39. The van der Waals surface area contributed by atoms with Crippen molar-refractivity contribution in [3.63, 3.8) is 0 Å². The first-order valence-electron chi connectivity index (χ1n) is 3.68. The average Bonchev–Trinajstić information content (AvgIpc) is 2.44. The van der Waals surface area contributed by atoms with Crippen LogP contribution < -0.4 is 0 Å². The first kappa shape index (κ1) is 6.58. The second-order valence-corrected chi connectivity index (χ2v) is 2.80. The summed E-state index contributed by atoms with van der Waals surface area (Å²) in [5.74, 6) is 0.491. The van der Waals surface area contributed by atoms with Crippen LogP contribution in [0.5, 0.6) is 0 Å². The fourth-order valence-electron chi connectivity index (χ4n) is 1.67. The van der Waals surface area contributed by atoms with Crippen molar-refractivity contribution in [2.45, 2.75) is 18.8 Å². The van der Waals surface area contributed by atoms with E-state index >= 15 is 0 Å². The predicted molar refractivity (Wildman–Crippen MR) is 34.6 cm³/mol. The fraction of sp³-hybridized carbons (Fsp3) is 1.00. The molecule has 0 aromatic heterocycles. The molecule has 3 heteroatoms. The van der Waals surface area contributed by atoms with Crippen molar-refractivity contribution in [1.29, 1.82) is 0 Å². The highest BCUT2D eigenvalue weighted by Crippen LogP contribution is 2.32. The lowest BCUT2D eigenvalue weighted by molar-refractivity contribution is -0.0907. The molecule has 2 saturated heterocycles. The highest BCUT2D eigenvalue weighted by atomic mass is 16.7. The van der Waals surface area contributed by atoms with Gasteiger partial charge in [-0.05, 0) is 6.42 Å². The van der Waals surface area contributed by atoms with Crippen molar-refractivity contribution in [3.05, 3.63) is 0 Å². The zero-order valence-corrected chi connectivity index (χ0v) is 6.08. The van der Waals surface area contributed by atoms with Gasteiger partial charge in [-0.2, -0.15) is 0 Å². The number of fused-ring (bicyclic) bond motifs is 1. The van der Waals surface area contributed by atoms with Crippen LogP contribution in [0.4, 0.5) is 0 Å². The second-order valence-electron chi connectivity index (χ2n) is 2.80. The van der Waals surface area contributed by atoms with E-state index in [2.05, 4.69) is 0 Å². The smallest absolute Gasteiger partial charge is 0.163 e. The van der Waals surface area contributed by atoms with E-state index in [1.54, 1.807) is 7.11 Å². The van der Waals surface area contributed by atoms with Gasteiger partial charge in [-0.25, -0.2) is 0 Å². The summed E-state index contributed by atoms with van der Waals surface area (Å²) in [6.45, 7) is 1.53. The molecule has 3 nitrogen and oxygen atoms in total. The number of rotatable bonds is 1. The summed E-state index contributed by atoms with van der Waals surface area (Å²) in [5, 5.41) is 0. The van der Waals surface area contributed by atoms with Crippen LogP contribution in [-0.4, -0.2) is 32.7 Å². The van der Waals surface area contributed by atoms with Gasteiger partial charge in [-0.15, -0.1) is 0 Å². The van der Waals surface area contributed by atoms with E-state index in [0.29, 0.717) is 12.5 Å². The summed E-state index contributed by atoms with van der Waals surface area (Å²) >= 11 is 0. The molecule has 2 heterocycles. The molecule has 0 aliphatic carbocycles. The van der Waals surface area contributed by atoms with Gasteiger partial charge in [-0.3, -0.25) is 0 Å². The molecule has 3 atom stereocenters. The quantitative estimate of drug-likeness (QED) is 0.533. The Balaban J connectivity index is 2.01. The van der Waals surface area contributed by atoms with Gasteiger partial charge in [0.2, 0.25) is 0 Å². The lowest BCUT2D eigenvalue weighted by Gasteiger charge is -2.11. The Morgan fingerprint density at radius 3 is 3.10 bits per heavy atom.